The molecule has 2 heterocycles. The van der Waals surface area contributed by atoms with Crippen LogP contribution in [-0.4, -0.2) is 15.9 Å². The molecule has 0 aliphatic heterocycles. The lowest BCUT2D eigenvalue weighted by molar-refractivity contribution is 0.0997. The minimum Gasteiger partial charge on any atom is -0.431 e. The van der Waals surface area contributed by atoms with Crippen LogP contribution in [0.15, 0.2) is 46.3 Å². The average molecular weight is 285 g/mol. The summed E-state index contributed by atoms with van der Waals surface area (Å²) in [7, 11) is 0. The van der Waals surface area contributed by atoms with Crippen molar-refractivity contribution in [1.29, 1.82) is 0 Å². The molecular formula is C14H11N3O2S. The Morgan fingerprint density at radius 1 is 1.30 bits per heavy atom. The van der Waals surface area contributed by atoms with Crippen molar-refractivity contribution in [2.24, 2.45) is 0 Å². The van der Waals surface area contributed by atoms with Gasteiger partial charge in [0.1, 0.15) is 0 Å². The molecule has 0 bridgehead atoms. The molecule has 2 aromatic heterocycles. The van der Waals surface area contributed by atoms with Crippen molar-refractivity contribution in [3.8, 4) is 11.5 Å². The molecule has 3 aromatic rings. The van der Waals surface area contributed by atoms with Gasteiger partial charge in [-0.1, -0.05) is 18.2 Å². The van der Waals surface area contributed by atoms with Crippen LogP contribution in [0, 0.1) is 6.92 Å². The predicted molar refractivity (Wildman–Crippen MR) is 76.7 cm³/mol. The van der Waals surface area contributed by atoms with E-state index in [-0.39, 0.29) is 11.7 Å². The lowest BCUT2D eigenvalue weighted by atomic mass is 10.2. The molecule has 3 rings (SSSR count). The monoisotopic (exact) mass is 285 g/mol. The number of rotatable bonds is 3. The van der Waals surface area contributed by atoms with Crippen molar-refractivity contribution >= 4 is 22.4 Å². The van der Waals surface area contributed by atoms with Crippen LogP contribution in [-0.2, 0) is 0 Å². The van der Waals surface area contributed by atoms with Crippen molar-refractivity contribution in [2.75, 3.05) is 5.32 Å². The van der Waals surface area contributed by atoms with E-state index in [4.69, 9.17) is 4.42 Å². The van der Waals surface area contributed by atoms with Crippen molar-refractivity contribution in [1.82, 2.24) is 9.97 Å². The molecule has 0 unspecified atom stereocenters. The first kappa shape index (κ1) is 12.6. The second-order valence-corrected chi connectivity index (χ2v) is 5.00. The number of hydrogen-bond acceptors (Lipinski definition) is 5. The lowest BCUT2D eigenvalue weighted by Gasteiger charge is -1.97. The highest BCUT2D eigenvalue weighted by Crippen LogP contribution is 2.20. The fraction of sp³-hybridized carbons (Fsp3) is 0.0714. The van der Waals surface area contributed by atoms with Crippen LogP contribution in [0.5, 0.6) is 0 Å². The van der Waals surface area contributed by atoms with Gasteiger partial charge in [-0.05, 0) is 19.1 Å². The number of aryl methyl sites for hydroxylation is 1. The molecule has 100 valence electrons. The van der Waals surface area contributed by atoms with Gasteiger partial charge in [-0.2, -0.15) is 0 Å². The fourth-order valence-corrected chi connectivity index (χ4v) is 2.35. The van der Waals surface area contributed by atoms with E-state index < -0.39 is 0 Å². The summed E-state index contributed by atoms with van der Waals surface area (Å²) in [6.45, 7) is 1.87. The summed E-state index contributed by atoms with van der Waals surface area (Å²) in [5, 5.41) is 5.09. The smallest absolute Gasteiger partial charge is 0.294 e. The van der Waals surface area contributed by atoms with E-state index in [9.17, 15) is 4.79 Å². The summed E-state index contributed by atoms with van der Waals surface area (Å²) >= 11 is 1.37. The molecular weight excluding hydrogens is 274 g/mol. The third kappa shape index (κ3) is 2.60. The number of carbonyl (C=O) groups excluding carboxylic acids is 1. The molecule has 1 aromatic carbocycles. The van der Waals surface area contributed by atoms with Gasteiger partial charge in [-0.15, -0.1) is 11.3 Å². The fourth-order valence-electron chi connectivity index (χ4n) is 1.66. The number of hydrogen-bond donors (Lipinski definition) is 1. The number of amides is 1. The number of benzene rings is 1. The Kier molecular flexibility index (Phi) is 3.30. The van der Waals surface area contributed by atoms with Gasteiger partial charge in [0.25, 0.3) is 5.91 Å². The van der Waals surface area contributed by atoms with E-state index in [1.807, 2.05) is 42.6 Å². The molecule has 1 amide bonds. The van der Waals surface area contributed by atoms with Gasteiger partial charge >= 0.3 is 0 Å². The highest BCUT2D eigenvalue weighted by molar-refractivity contribution is 7.13. The SMILES string of the molecule is Cc1csc(NC(=O)c2cnc(-c3ccccc3)o2)n1. The van der Waals surface area contributed by atoms with E-state index in [2.05, 4.69) is 15.3 Å². The first-order valence-corrected chi connectivity index (χ1v) is 6.85. The Morgan fingerprint density at radius 2 is 2.10 bits per heavy atom. The number of carbonyl (C=O) groups is 1. The maximum Gasteiger partial charge on any atom is 0.294 e. The molecule has 0 aliphatic carbocycles. The summed E-state index contributed by atoms with van der Waals surface area (Å²) in [4.78, 5) is 20.3. The number of nitrogens with one attached hydrogen (secondary N) is 1. The average Bonchev–Trinajstić information content (AvgIpc) is 3.09. The van der Waals surface area contributed by atoms with E-state index in [1.54, 1.807) is 0 Å². The van der Waals surface area contributed by atoms with Gasteiger partial charge in [-0.3, -0.25) is 10.1 Å². The predicted octanol–water partition coefficient (Wildman–Crippen LogP) is 3.36. The quantitative estimate of drug-likeness (QED) is 0.801. The molecule has 0 saturated carbocycles. The molecule has 20 heavy (non-hydrogen) atoms. The Bertz CT molecular complexity index is 734. The Hall–Kier alpha value is -2.47. The summed E-state index contributed by atoms with van der Waals surface area (Å²) in [5.41, 5.74) is 1.70. The Morgan fingerprint density at radius 3 is 2.80 bits per heavy atom. The van der Waals surface area contributed by atoms with E-state index in [0.717, 1.165) is 11.3 Å². The number of nitrogens with zero attached hydrogens (tertiary/aromatic N) is 2. The standard InChI is InChI=1S/C14H11N3O2S/c1-9-8-20-14(16-9)17-12(18)11-7-15-13(19-11)10-5-3-2-4-6-10/h2-8H,1H3,(H,16,17,18). The minimum absolute atomic E-state index is 0.164. The molecule has 0 saturated heterocycles. The lowest BCUT2D eigenvalue weighted by Crippen LogP contribution is -2.10. The number of aromatic nitrogens is 2. The first-order valence-electron chi connectivity index (χ1n) is 5.97. The summed E-state index contributed by atoms with van der Waals surface area (Å²) in [5.74, 6) is 0.233. The van der Waals surface area contributed by atoms with Crippen LogP contribution in [0.4, 0.5) is 5.13 Å². The van der Waals surface area contributed by atoms with Crippen molar-refractivity contribution in [3.63, 3.8) is 0 Å². The Balaban J connectivity index is 1.78. The van der Waals surface area contributed by atoms with Crippen LogP contribution >= 0.6 is 11.3 Å². The van der Waals surface area contributed by atoms with Gasteiger partial charge in [-0.25, -0.2) is 9.97 Å². The summed E-state index contributed by atoms with van der Waals surface area (Å²) < 4.78 is 5.46. The highest BCUT2D eigenvalue weighted by atomic mass is 32.1. The third-order valence-electron chi connectivity index (χ3n) is 2.59. The number of oxazole rings is 1. The maximum atomic E-state index is 12.0. The zero-order valence-corrected chi connectivity index (χ0v) is 11.5. The zero-order valence-electron chi connectivity index (χ0n) is 10.7. The van der Waals surface area contributed by atoms with Crippen LogP contribution < -0.4 is 5.32 Å². The Labute approximate surface area is 119 Å². The molecule has 6 heteroatoms. The first-order chi connectivity index (χ1) is 9.72. The van der Waals surface area contributed by atoms with Crippen molar-refractivity contribution < 1.29 is 9.21 Å². The number of thiazole rings is 1. The molecule has 0 aliphatic rings. The molecule has 0 radical (unpaired) electrons. The van der Waals surface area contributed by atoms with E-state index in [1.165, 1.54) is 17.5 Å². The van der Waals surface area contributed by atoms with E-state index in [0.29, 0.717) is 11.0 Å². The third-order valence-corrected chi connectivity index (χ3v) is 3.47. The van der Waals surface area contributed by atoms with Gasteiger partial charge in [0.2, 0.25) is 11.7 Å². The van der Waals surface area contributed by atoms with Crippen LogP contribution in [0.25, 0.3) is 11.5 Å². The molecule has 0 fully saturated rings. The largest absolute Gasteiger partial charge is 0.431 e. The highest BCUT2D eigenvalue weighted by Gasteiger charge is 2.14. The maximum absolute atomic E-state index is 12.0. The van der Waals surface area contributed by atoms with Gasteiger partial charge in [0.05, 0.1) is 11.9 Å². The van der Waals surface area contributed by atoms with Crippen LogP contribution in [0.2, 0.25) is 0 Å². The van der Waals surface area contributed by atoms with Crippen LogP contribution in [0.1, 0.15) is 16.2 Å². The summed E-state index contributed by atoms with van der Waals surface area (Å²) in [6.07, 6.45) is 1.41. The molecule has 0 atom stereocenters. The molecule has 5 nitrogen and oxygen atoms in total. The van der Waals surface area contributed by atoms with Gasteiger partial charge < -0.3 is 4.42 Å². The second kappa shape index (κ2) is 5.26. The van der Waals surface area contributed by atoms with Crippen molar-refractivity contribution in [2.45, 2.75) is 6.92 Å². The topological polar surface area (TPSA) is 68.0 Å². The van der Waals surface area contributed by atoms with Crippen LogP contribution in [0.3, 0.4) is 0 Å². The zero-order chi connectivity index (χ0) is 13.9. The van der Waals surface area contributed by atoms with Gasteiger partial charge in [0, 0.05) is 10.9 Å². The van der Waals surface area contributed by atoms with E-state index >= 15 is 0 Å². The summed E-state index contributed by atoms with van der Waals surface area (Å²) in [6, 6.07) is 9.43. The second-order valence-electron chi connectivity index (χ2n) is 4.14. The van der Waals surface area contributed by atoms with Crippen molar-refractivity contribution in [3.05, 3.63) is 53.4 Å². The molecule has 1 N–H and O–H groups in total. The van der Waals surface area contributed by atoms with Gasteiger partial charge in [0.15, 0.2) is 5.13 Å². The minimum atomic E-state index is -0.353. The number of anilines is 1. The molecule has 0 spiro atoms. The normalized spacial score (nSPS) is 10.4.